The summed E-state index contributed by atoms with van der Waals surface area (Å²) in [4.78, 5) is 0. The van der Waals surface area contributed by atoms with Gasteiger partial charge in [-0.3, -0.25) is 0 Å². The minimum Gasteiger partial charge on any atom is -0.309 e. The van der Waals surface area contributed by atoms with Gasteiger partial charge in [0.1, 0.15) is 0 Å². The maximum atomic E-state index is 2.46. The van der Waals surface area contributed by atoms with Crippen molar-refractivity contribution in [2.24, 2.45) is 0 Å². The van der Waals surface area contributed by atoms with Gasteiger partial charge in [0.25, 0.3) is 0 Å². The highest BCUT2D eigenvalue weighted by atomic mass is 15.0. The van der Waals surface area contributed by atoms with Crippen LogP contribution >= 0.6 is 0 Å². The minimum atomic E-state index is 1.10. The standard InChI is InChI=1S/C68H46N2/c1-6-21-47(22-7-1)55-34-18-19-35-57(55)67-59-39-37-54(70-65(51-28-12-4-13-29-51)43-44-66(70)52-30-14-5-15-31-52)46-62(59)68(58-36-20-32-48-23-16-17-33-56(48)58)60-40-38-53(45-61(60)67)69-63(49-24-8-2-9-25-49)41-42-64(69)50-26-10-3-11-27-50/h1-46H. The fourth-order valence-corrected chi connectivity index (χ4v) is 10.8. The van der Waals surface area contributed by atoms with Gasteiger partial charge in [-0.1, -0.05) is 231 Å². The van der Waals surface area contributed by atoms with Crippen LogP contribution in [0.1, 0.15) is 0 Å². The van der Waals surface area contributed by atoms with Crippen molar-refractivity contribution < 1.29 is 0 Å². The van der Waals surface area contributed by atoms with Crippen molar-refractivity contribution in [2.75, 3.05) is 0 Å². The molecule has 70 heavy (non-hydrogen) atoms. The van der Waals surface area contributed by atoms with Gasteiger partial charge in [0.15, 0.2) is 0 Å². The van der Waals surface area contributed by atoms with Gasteiger partial charge in [-0.25, -0.2) is 0 Å². The van der Waals surface area contributed by atoms with Crippen molar-refractivity contribution in [3.05, 3.63) is 279 Å². The van der Waals surface area contributed by atoms with Crippen LogP contribution in [0.2, 0.25) is 0 Å². The molecule has 0 radical (unpaired) electrons. The van der Waals surface area contributed by atoms with E-state index in [0.717, 1.165) is 56.4 Å². The highest BCUT2D eigenvalue weighted by Crippen LogP contribution is 2.49. The topological polar surface area (TPSA) is 9.86 Å². The van der Waals surface area contributed by atoms with E-state index in [1.165, 1.54) is 65.7 Å². The molecule has 0 spiro atoms. The first-order valence-electron chi connectivity index (χ1n) is 24.1. The van der Waals surface area contributed by atoms with Crippen LogP contribution in [0.25, 0.3) is 122 Å². The summed E-state index contributed by atoms with van der Waals surface area (Å²) in [5, 5.41) is 7.19. The van der Waals surface area contributed by atoms with Gasteiger partial charge in [0, 0.05) is 11.4 Å². The molecule has 0 aliphatic heterocycles. The van der Waals surface area contributed by atoms with E-state index < -0.39 is 0 Å². The molecule has 0 bridgehead atoms. The lowest BCUT2D eigenvalue weighted by atomic mass is 9.82. The fraction of sp³-hybridized carbons (Fsp3) is 0. The zero-order chi connectivity index (χ0) is 46.4. The summed E-state index contributed by atoms with van der Waals surface area (Å²) in [5.41, 5.74) is 18.6. The first-order chi connectivity index (χ1) is 34.8. The molecule has 0 saturated carbocycles. The maximum absolute atomic E-state index is 2.46. The van der Waals surface area contributed by atoms with E-state index in [1.54, 1.807) is 0 Å². The monoisotopic (exact) mass is 890 g/mol. The van der Waals surface area contributed by atoms with Gasteiger partial charge in [-0.2, -0.15) is 0 Å². The molecular formula is C68H46N2. The molecule has 2 nitrogen and oxygen atoms in total. The maximum Gasteiger partial charge on any atom is 0.0535 e. The van der Waals surface area contributed by atoms with Gasteiger partial charge in [0.05, 0.1) is 22.8 Å². The minimum absolute atomic E-state index is 1.10. The number of fused-ring (bicyclic) bond motifs is 3. The average Bonchev–Trinajstić information content (AvgIpc) is 4.10. The molecule has 0 aliphatic carbocycles. The lowest BCUT2D eigenvalue weighted by Gasteiger charge is -2.23. The molecule has 2 aromatic heterocycles. The molecule has 0 N–H and O–H groups in total. The Morgan fingerprint density at radius 2 is 0.543 bits per heavy atom. The summed E-state index contributed by atoms with van der Waals surface area (Å²) in [6, 6.07) is 102. The van der Waals surface area contributed by atoms with Crippen LogP contribution in [0.5, 0.6) is 0 Å². The molecule has 0 fully saturated rings. The largest absolute Gasteiger partial charge is 0.309 e. The second kappa shape index (κ2) is 17.4. The first-order valence-corrected chi connectivity index (χ1v) is 24.1. The zero-order valence-corrected chi connectivity index (χ0v) is 38.5. The summed E-state index contributed by atoms with van der Waals surface area (Å²) < 4.78 is 4.90. The molecule has 2 heterocycles. The van der Waals surface area contributed by atoms with Crippen LogP contribution in [-0.2, 0) is 0 Å². The number of nitrogens with zero attached hydrogens (tertiary/aromatic N) is 2. The Bertz CT molecular complexity index is 3900. The number of benzene rings is 11. The van der Waals surface area contributed by atoms with E-state index in [0.29, 0.717) is 0 Å². The van der Waals surface area contributed by atoms with Crippen molar-refractivity contribution in [3.8, 4) is 89.8 Å². The Kier molecular flexibility index (Phi) is 10.2. The number of hydrogen-bond donors (Lipinski definition) is 0. The van der Waals surface area contributed by atoms with Crippen molar-refractivity contribution in [2.45, 2.75) is 0 Å². The van der Waals surface area contributed by atoms with Crippen LogP contribution in [-0.4, -0.2) is 9.13 Å². The van der Waals surface area contributed by atoms with Crippen molar-refractivity contribution in [1.82, 2.24) is 9.13 Å². The van der Waals surface area contributed by atoms with Crippen LogP contribution in [0.4, 0.5) is 0 Å². The average molecular weight is 891 g/mol. The first kappa shape index (κ1) is 41.0. The third kappa shape index (κ3) is 7.05. The second-order valence-electron chi connectivity index (χ2n) is 18.0. The normalized spacial score (nSPS) is 11.4. The Morgan fingerprint density at radius 3 is 1.00 bits per heavy atom. The highest BCUT2D eigenvalue weighted by molar-refractivity contribution is 6.25. The van der Waals surface area contributed by atoms with Crippen LogP contribution in [0, 0.1) is 0 Å². The van der Waals surface area contributed by atoms with Gasteiger partial charge in [0.2, 0.25) is 0 Å². The highest BCUT2D eigenvalue weighted by Gasteiger charge is 2.24. The number of aromatic nitrogens is 2. The van der Waals surface area contributed by atoms with Crippen molar-refractivity contribution in [3.63, 3.8) is 0 Å². The number of rotatable bonds is 9. The van der Waals surface area contributed by atoms with Gasteiger partial charge < -0.3 is 9.13 Å². The van der Waals surface area contributed by atoms with E-state index in [-0.39, 0.29) is 0 Å². The summed E-state index contributed by atoms with van der Waals surface area (Å²) in [6.45, 7) is 0. The molecule has 0 atom stereocenters. The van der Waals surface area contributed by atoms with E-state index in [1.807, 2.05) is 0 Å². The predicted octanol–water partition coefficient (Wildman–Crippen LogP) is 18.4. The molecule has 0 unspecified atom stereocenters. The molecule has 2 heteroatoms. The third-order valence-electron chi connectivity index (χ3n) is 14.0. The lowest BCUT2D eigenvalue weighted by molar-refractivity contribution is 1.10. The van der Waals surface area contributed by atoms with E-state index in [2.05, 4.69) is 288 Å². The molecule has 0 aliphatic rings. The summed E-state index contributed by atoms with van der Waals surface area (Å²) >= 11 is 0. The zero-order valence-electron chi connectivity index (χ0n) is 38.5. The molecular weight excluding hydrogens is 845 g/mol. The Morgan fingerprint density at radius 1 is 0.200 bits per heavy atom. The summed E-state index contributed by atoms with van der Waals surface area (Å²) in [5.74, 6) is 0. The molecule has 13 aromatic rings. The van der Waals surface area contributed by atoms with Crippen molar-refractivity contribution >= 4 is 32.3 Å². The van der Waals surface area contributed by atoms with Gasteiger partial charge in [-0.05, 0) is 136 Å². The SMILES string of the molecule is c1ccc(-c2ccccc2-c2c3cc(-n4c(-c5ccccc5)ccc4-c4ccccc4)ccc3c(-c3cccc4ccccc34)c3cc(-n4c(-c5ccccc5)ccc4-c4ccccc4)ccc23)cc1. The lowest BCUT2D eigenvalue weighted by Crippen LogP contribution is -2.02. The molecule has 0 amide bonds. The van der Waals surface area contributed by atoms with Crippen LogP contribution in [0.3, 0.4) is 0 Å². The van der Waals surface area contributed by atoms with Crippen molar-refractivity contribution in [1.29, 1.82) is 0 Å². The molecule has 328 valence electrons. The van der Waals surface area contributed by atoms with Gasteiger partial charge >= 0.3 is 0 Å². The Labute approximate surface area is 408 Å². The predicted molar refractivity (Wildman–Crippen MR) is 296 cm³/mol. The van der Waals surface area contributed by atoms with E-state index in [4.69, 9.17) is 0 Å². The quantitative estimate of drug-likeness (QED) is 0.128. The smallest absolute Gasteiger partial charge is 0.0535 e. The molecule has 13 rings (SSSR count). The van der Waals surface area contributed by atoms with Crippen LogP contribution in [0.15, 0.2) is 279 Å². The fourth-order valence-electron chi connectivity index (χ4n) is 10.8. The van der Waals surface area contributed by atoms with E-state index in [9.17, 15) is 0 Å². The van der Waals surface area contributed by atoms with Crippen LogP contribution < -0.4 is 0 Å². The molecule has 11 aromatic carbocycles. The summed E-state index contributed by atoms with van der Waals surface area (Å²) in [6.07, 6.45) is 0. The Hall–Kier alpha value is -9.24. The second-order valence-corrected chi connectivity index (χ2v) is 18.0. The Balaban J connectivity index is 1.19. The third-order valence-corrected chi connectivity index (χ3v) is 14.0. The van der Waals surface area contributed by atoms with Gasteiger partial charge in [-0.15, -0.1) is 0 Å². The van der Waals surface area contributed by atoms with E-state index >= 15 is 0 Å². The number of hydrogen-bond acceptors (Lipinski definition) is 0. The molecule has 0 saturated heterocycles. The summed E-state index contributed by atoms with van der Waals surface area (Å²) in [7, 11) is 0.